The highest BCUT2D eigenvalue weighted by Crippen LogP contribution is 2.35. The Labute approximate surface area is 193 Å². The number of Topliss-reactive ketones (excluding diaryl/α,β-unsaturated/α-hetero) is 1. The second-order valence-electron chi connectivity index (χ2n) is 8.96. The predicted octanol–water partition coefficient (Wildman–Crippen LogP) is 5.23. The minimum absolute atomic E-state index is 0.00523. The number of unbranched alkanes of at least 4 members (excludes halogenated alkanes) is 4. The van der Waals surface area contributed by atoms with E-state index in [1.54, 1.807) is 6.08 Å². The van der Waals surface area contributed by atoms with Crippen LogP contribution < -0.4 is 0 Å². The van der Waals surface area contributed by atoms with Gasteiger partial charge in [0.05, 0.1) is 20.6 Å². The van der Waals surface area contributed by atoms with Crippen molar-refractivity contribution >= 4 is 23.5 Å². The van der Waals surface area contributed by atoms with Crippen LogP contribution in [-0.2, 0) is 28.7 Å². The number of rotatable bonds is 12. The van der Waals surface area contributed by atoms with Crippen LogP contribution in [0.5, 0.6) is 0 Å². The highest BCUT2D eigenvalue weighted by molar-refractivity contribution is 5.95. The monoisotopic (exact) mass is 450 g/mol. The van der Waals surface area contributed by atoms with Crippen molar-refractivity contribution in [2.45, 2.75) is 90.9 Å². The van der Waals surface area contributed by atoms with Crippen molar-refractivity contribution in [3.63, 3.8) is 0 Å². The lowest BCUT2D eigenvalue weighted by Gasteiger charge is -2.16. The minimum atomic E-state index is -0.232. The molecule has 0 aromatic rings. The highest BCUT2D eigenvalue weighted by Gasteiger charge is 2.35. The average Bonchev–Trinajstić information content (AvgIpc) is 3.31. The molecule has 32 heavy (non-hydrogen) atoms. The first kappa shape index (κ1) is 28.1. The van der Waals surface area contributed by atoms with E-state index in [1.165, 1.54) is 27.1 Å². The molecule has 1 saturated carbocycles. The van der Waals surface area contributed by atoms with Gasteiger partial charge < -0.3 is 9.47 Å². The predicted molar refractivity (Wildman–Crippen MR) is 124 cm³/mol. The first-order valence-corrected chi connectivity index (χ1v) is 12.3. The van der Waals surface area contributed by atoms with E-state index in [9.17, 15) is 19.2 Å². The Morgan fingerprint density at radius 1 is 0.875 bits per heavy atom. The van der Waals surface area contributed by atoms with Crippen molar-refractivity contribution in [3.8, 4) is 0 Å². The molecule has 2 rings (SSSR count). The number of hydrogen-bond donors (Lipinski definition) is 0. The van der Waals surface area contributed by atoms with Crippen molar-refractivity contribution in [3.05, 3.63) is 12.2 Å². The van der Waals surface area contributed by atoms with E-state index in [1.807, 2.05) is 6.08 Å². The van der Waals surface area contributed by atoms with E-state index >= 15 is 0 Å². The van der Waals surface area contributed by atoms with Gasteiger partial charge >= 0.3 is 11.9 Å². The molecule has 0 amide bonds. The van der Waals surface area contributed by atoms with Gasteiger partial charge in [0.1, 0.15) is 5.78 Å². The first-order chi connectivity index (χ1) is 15.4. The maximum Gasteiger partial charge on any atom is 0.306 e. The van der Waals surface area contributed by atoms with Crippen molar-refractivity contribution in [1.82, 2.24) is 0 Å². The largest absolute Gasteiger partial charge is 0.469 e. The Morgan fingerprint density at radius 2 is 1.44 bits per heavy atom. The van der Waals surface area contributed by atoms with Gasteiger partial charge in [0, 0.05) is 24.7 Å². The molecule has 1 fully saturated rings. The molecular weight excluding hydrogens is 408 g/mol. The molecule has 0 spiro atoms. The van der Waals surface area contributed by atoms with Crippen LogP contribution >= 0.6 is 0 Å². The zero-order valence-electron chi connectivity index (χ0n) is 20.4. The molecule has 4 unspecified atom stereocenters. The van der Waals surface area contributed by atoms with Gasteiger partial charge in [-0.05, 0) is 37.2 Å². The highest BCUT2D eigenvalue weighted by atomic mass is 16.5. The second kappa shape index (κ2) is 15.8. The lowest BCUT2D eigenvalue weighted by molar-refractivity contribution is -0.143. The SMILES string of the molecule is CCCCCC1C(=O)C=CC1CC(=O)OC.CCCCCC1C(=O)CCC1CC(=O)OC. The fourth-order valence-corrected chi connectivity index (χ4v) is 4.67. The molecule has 0 radical (unpaired) electrons. The van der Waals surface area contributed by atoms with Crippen LogP contribution in [0.2, 0.25) is 0 Å². The molecule has 2 aliphatic carbocycles. The Morgan fingerprint density at radius 3 is 2.00 bits per heavy atom. The fraction of sp³-hybridized carbons (Fsp3) is 0.769. The van der Waals surface area contributed by atoms with Crippen LogP contribution in [0.15, 0.2) is 12.2 Å². The van der Waals surface area contributed by atoms with Gasteiger partial charge in [-0.15, -0.1) is 0 Å². The van der Waals surface area contributed by atoms with Gasteiger partial charge in [0.2, 0.25) is 0 Å². The summed E-state index contributed by atoms with van der Waals surface area (Å²) < 4.78 is 9.31. The molecule has 6 heteroatoms. The van der Waals surface area contributed by atoms with Crippen LogP contribution in [0.1, 0.15) is 90.9 Å². The van der Waals surface area contributed by atoms with E-state index in [2.05, 4.69) is 23.3 Å². The molecule has 0 aliphatic heterocycles. The zero-order chi connectivity index (χ0) is 23.9. The molecule has 0 aromatic carbocycles. The van der Waals surface area contributed by atoms with Crippen LogP contribution in [0.4, 0.5) is 0 Å². The van der Waals surface area contributed by atoms with Crippen LogP contribution in [-0.4, -0.2) is 37.7 Å². The van der Waals surface area contributed by atoms with Gasteiger partial charge in [-0.25, -0.2) is 0 Å². The average molecular weight is 451 g/mol. The Hall–Kier alpha value is -1.98. The second-order valence-corrected chi connectivity index (χ2v) is 8.96. The molecule has 6 nitrogen and oxygen atoms in total. The summed E-state index contributed by atoms with van der Waals surface area (Å²) in [6, 6.07) is 0. The van der Waals surface area contributed by atoms with E-state index in [4.69, 9.17) is 0 Å². The van der Waals surface area contributed by atoms with Crippen molar-refractivity contribution < 1.29 is 28.7 Å². The third-order valence-corrected chi connectivity index (χ3v) is 6.66. The molecule has 0 N–H and O–H groups in total. The topological polar surface area (TPSA) is 86.7 Å². The number of carbonyl (C=O) groups is 4. The molecule has 0 aromatic heterocycles. The maximum absolute atomic E-state index is 11.7. The van der Waals surface area contributed by atoms with E-state index in [0.29, 0.717) is 25.0 Å². The zero-order valence-corrected chi connectivity index (χ0v) is 20.4. The summed E-state index contributed by atoms with van der Waals surface area (Å²) in [5.41, 5.74) is 0. The van der Waals surface area contributed by atoms with Crippen molar-refractivity contribution in [2.24, 2.45) is 23.7 Å². The third-order valence-electron chi connectivity index (χ3n) is 6.66. The number of ether oxygens (including phenoxy) is 2. The number of esters is 2. The molecule has 4 atom stereocenters. The normalized spacial score (nSPS) is 24.2. The van der Waals surface area contributed by atoms with Gasteiger partial charge in [-0.1, -0.05) is 58.4 Å². The summed E-state index contributed by atoms with van der Waals surface area (Å²) in [5, 5.41) is 0. The first-order valence-electron chi connectivity index (χ1n) is 12.3. The lowest BCUT2D eigenvalue weighted by Crippen LogP contribution is -2.19. The molecule has 182 valence electrons. The van der Waals surface area contributed by atoms with Crippen LogP contribution in [0.25, 0.3) is 0 Å². The summed E-state index contributed by atoms with van der Waals surface area (Å²) in [5.74, 6) is 0.518. The minimum Gasteiger partial charge on any atom is -0.469 e. The van der Waals surface area contributed by atoms with Crippen molar-refractivity contribution in [1.29, 1.82) is 0 Å². The summed E-state index contributed by atoms with van der Waals surface area (Å²) in [6.07, 6.45) is 14.4. The number of ketones is 2. The summed E-state index contributed by atoms with van der Waals surface area (Å²) in [7, 11) is 2.79. The molecule has 0 bridgehead atoms. The van der Waals surface area contributed by atoms with E-state index in [0.717, 1.165) is 44.9 Å². The molecule has 0 saturated heterocycles. The van der Waals surface area contributed by atoms with Gasteiger partial charge in [-0.2, -0.15) is 0 Å². The summed E-state index contributed by atoms with van der Waals surface area (Å²) >= 11 is 0. The van der Waals surface area contributed by atoms with Gasteiger partial charge in [0.15, 0.2) is 5.78 Å². The number of allylic oxidation sites excluding steroid dienone is 2. The lowest BCUT2D eigenvalue weighted by atomic mass is 9.87. The molecule has 2 aliphatic rings. The summed E-state index contributed by atoms with van der Waals surface area (Å²) in [6.45, 7) is 4.29. The van der Waals surface area contributed by atoms with Crippen LogP contribution in [0, 0.1) is 23.7 Å². The quantitative estimate of drug-likeness (QED) is 0.299. The molecule has 0 heterocycles. The van der Waals surface area contributed by atoms with Crippen LogP contribution in [0.3, 0.4) is 0 Å². The summed E-state index contributed by atoms with van der Waals surface area (Å²) in [4.78, 5) is 45.7. The van der Waals surface area contributed by atoms with E-state index in [-0.39, 0.29) is 41.4 Å². The van der Waals surface area contributed by atoms with Gasteiger partial charge in [-0.3, -0.25) is 19.2 Å². The number of methoxy groups -OCH3 is 2. The van der Waals surface area contributed by atoms with E-state index < -0.39 is 0 Å². The molecular formula is C26H42O6. The van der Waals surface area contributed by atoms with Crippen molar-refractivity contribution in [2.75, 3.05) is 14.2 Å². The Bertz CT molecular complexity index is 630. The maximum atomic E-state index is 11.7. The Balaban J connectivity index is 0.000000320. The fourth-order valence-electron chi connectivity index (χ4n) is 4.67. The number of carbonyl (C=O) groups excluding carboxylic acids is 4. The number of hydrogen-bond acceptors (Lipinski definition) is 6. The third kappa shape index (κ3) is 9.66. The standard InChI is InChI=1S/C13H22O3.C13H20O3/c2*1-3-4-5-6-11-10(7-8-12(11)14)9-13(15)16-2/h10-11H,3-9H2,1-2H3;7-8,10-11H,3-6,9H2,1-2H3. The Kier molecular flexibility index (Phi) is 13.8. The van der Waals surface area contributed by atoms with Gasteiger partial charge in [0.25, 0.3) is 0 Å². The smallest absolute Gasteiger partial charge is 0.306 e.